The number of carbonyl (C=O) groups excluding carboxylic acids is 1. The van der Waals surface area contributed by atoms with Crippen molar-refractivity contribution in [2.24, 2.45) is 0 Å². The standard InChI is InChI=1S/C20H18F2N4O/c1-2-26(13-14-6-4-3-5-7-14)20-23-11-10-18(25-20)19(27)24-15-8-9-16(21)17(22)12-15/h3-12H,2,13H2,1H3,(H,24,27). The first-order chi connectivity index (χ1) is 13.1. The number of amides is 1. The van der Waals surface area contributed by atoms with E-state index in [9.17, 15) is 13.6 Å². The number of hydrogen-bond donors (Lipinski definition) is 1. The van der Waals surface area contributed by atoms with Crippen LogP contribution in [0.25, 0.3) is 0 Å². The molecule has 0 bridgehead atoms. The molecular formula is C20H18F2N4O. The molecule has 0 saturated heterocycles. The van der Waals surface area contributed by atoms with Crippen LogP contribution in [0.5, 0.6) is 0 Å². The van der Waals surface area contributed by atoms with E-state index in [4.69, 9.17) is 0 Å². The van der Waals surface area contributed by atoms with Gasteiger partial charge < -0.3 is 10.2 Å². The summed E-state index contributed by atoms with van der Waals surface area (Å²) in [5.41, 5.74) is 1.38. The molecule has 0 spiro atoms. The first kappa shape index (κ1) is 18.4. The Balaban J connectivity index is 1.77. The van der Waals surface area contributed by atoms with Crippen LogP contribution in [0.1, 0.15) is 23.0 Å². The van der Waals surface area contributed by atoms with Crippen LogP contribution in [0.4, 0.5) is 20.4 Å². The van der Waals surface area contributed by atoms with Crippen LogP contribution < -0.4 is 10.2 Å². The number of benzene rings is 2. The van der Waals surface area contributed by atoms with Crippen LogP contribution in [-0.2, 0) is 6.54 Å². The molecule has 7 heteroatoms. The van der Waals surface area contributed by atoms with Crippen LogP contribution >= 0.6 is 0 Å². The lowest BCUT2D eigenvalue weighted by Crippen LogP contribution is -2.25. The molecule has 1 N–H and O–H groups in total. The van der Waals surface area contributed by atoms with E-state index in [2.05, 4.69) is 15.3 Å². The highest BCUT2D eigenvalue weighted by molar-refractivity contribution is 6.02. The molecule has 3 rings (SSSR count). The Kier molecular flexibility index (Phi) is 5.71. The smallest absolute Gasteiger partial charge is 0.274 e. The average Bonchev–Trinajstić information content (AvgIpc) is 2.70. The van der Waals surface area contributed by atoms with Gasteiger partial charge in [-0.25, -0.2) is 18.7 Å². The van der Waals surface area contributed by atoms with Gasteiger partial charge in [-0.3, -0.25) is 4.79 Å². The molecule has 138 valence electrons. The van der Waals surface area contributed by atoms with E-state index in [1.165, 1.54) is 18.3 Å². The van der Waals surface area contributed by atoms with Gasteiger partial charge in [0, 0.05) is 31.0 Å². The second-order valence-corrected chi connectivity index (χ2v) is 5.82. The normalized spacial score (nSPS) is 10.5. The molecule has 0 aliphatic carbocycles. The summed E-state index contributed by atoms with van der Waals surface area (Å²) in [6.07, 6.45) is 1.50. The molecule has 0 saturated carbocycles. The minimum atomic E-state index is -1.03. The Bertz CT molecular complexity index is 934. The van der Waals surface area contributed by atoms with Crippen LogP contribution in [0.15, 0.2) is 60.8 Å². The summed E-state index contributed by atoms with van der Waals surface area (Å²) in [6.45, 7) is 3.23. The summed E-state index contributed by atoms with van der Waals surface area (Å²) in [4.78, 5) is 22.9. The zero-order chi connectivity index (χ0) is 19.2. The summed E-state index contributed by atoms with van der Waals surface area (Å²) in [7, 11) is 0. The number of aromatic nitrogens is 2. The lowest BCUT2D eigenvalue weighted by Gasteiger charge is -2.21. The van der Waals surface area contributed by atoms with Crippen LogP contribution in [0.2, 0.25) is 0 Å². The molecule has 2 aromatic carbocycles. The fraction of sp³-hybridized carbons (Fsp3) is 0.150. The summed E-state index contributed by atoms with van der Waals surface area (Å²) in [5.74, 6) is -2.12. The van der Waals surface area contributed by atoms with Crippen LogP contribution in [0.3, 0.4) is 0 Å². The largest absolute Gasteiger partial charge is 0.337 e. The van der Waals surface area contributed by atoms with E-state index in [1.54, 1.807) is 0 Å². The predicted molar refractivity (Wildman–Crippen MR) is 99.5 cm³/mol. The van der Waals surface area contributed by atoms with Gasteiger partial charge in [-0.1, -0.05) is 30.3 Å². The number of hydrogen-bond acceptors (Lipinski definition) is 4. The van der Waals surface area contributed by atoms with Crippen molar-refractivity contribution < 1.29 is 13.6 Å². The maximum Gasteiger partial charge on any atom is 0.274 e. The van der Waals surface area contributed by atoms with E-state index in [-0.39, 0.29) is 11.4 Å². The highest BCUT2D eigenvalue weighted by Gasteiger charge is 2.14. The number of nitrogens with one attached hydrogen (secondary N) is 1. The van der Waals surface area contributed by atoms with Crippen molar-refractivity contribution >= 4 is 17.5 Å². The van der Waals surface area contributed by atoms with Crippen molar-refractivity contribution in [1.82, 2.24) is 9.97 Å². The molecule has 0 radical (unpaired) electrons. The minimum absolute atomic E-state index is 0.135. The minimum Gasteiger partial charge on any atom is -0.337 e. The van der Waals surface area contributed by atoms with Gasteiger partial charge in [-0.05, 0) is 30.7 Å². The van der Waals surface area contributed by atoms with Crippen LogP contribution in [-0.4, -0.2) is 22.4 Å². The van der Waals surface area contributed by atoms with Crippen molar-refractivity contribution in [2.45, 2.75) is 13.5 Å². The monoisotopic (exact) mass is 368 g/mol. The van der Waals surface area contributed by atoms with E-state index in [1.807, 2.05) is 42.2 Å². The highest BCUT2D eigenvalue weighted by Crippen LogP contribution is 2.16. The third-order valence-corrected chi connectivity index (χ3v) is 3.93. The fourth-order valence-electron chi connectivity index (χ4n) is 2.52. The fourth-order valence-corrected chi connectivity index (χ4v) is 2.52. The molecule has 5 nitrogen and oxygen atoms in total. The first-order valence-electron chi connectivity index (χ1n) is 8.45. The van der Waals surface area contributed by atoms with Gasteiger partial charge >= 0.3 is 0 Å². The molecule has 1 amide bonds. The van der Waals surface area contributed by atoms with E-state index >= 15 is 0 Å². The van der Waals surface area contributed by atoms with E-state index in [0.717, 1.165) is 17.7 Å². The number of rotatable bonds is 6. The van der Waals surface area contributed by atoms with Gasteiger partial charge in [0.15, 0.2) is 11.6 Å². The molecule has 0 aliphatic rings. The second kappa shape index (κ2) is 8.35. The van der Waals surface area contributed by atoms with Crippen molar-refractivity contribution in [1.29, 1.82) is 0 Å². The zero-order valence-corrected chi connectivity index (χ0v) is 14.7. The summed E-state index contributed by atoms with van der Waals surface area (Å²) in [5, 5.41) is 2.51. The van der Waals surface area contributed by atoms with Gasteiger partial charge in [-0.2, -0.15) is 0 Å². The summed E-state index contributed by atoms with van der Waals surface area (Å²) >= 11 is 0. The van der Waals surface area contributed by atoms with Gasteiger partial charge in [0.25, 0.3) is 5.91 Å². The summed E-state index contributed by atoms with van der Waals surface area (Å²) < 4.78 is 26.3. The second-order valence-electron chi connectivity index (χ2n) is 5.82. The van der Waals surface area contributed by atoms with E-state index in [0.29, 0.717) is 19.0 Å². The Morgan fingerprint density at radius 3 is 2.56 bits per heavy atom. The third kappa shape index (κ3) is 4.63. The first-order valence-corrected chi connectivity index (χ1v) is 8.45. The Labute approximate surface area is 155 Å². The Morgan fingerprint density at radius 1 is 1.07 bits per heavy atom. The van der Waals surface area contributed by atoms with Gasteiger partial charge in [0.1, 0.15) is 5.69 Å². The molecule has 1 aromatic heterocycles. The Morgan fingerprint density at radius 2 is 1.85 bits per heavy atom. The number of nitrogens with zero attached hydrogens (tertiary/aromatic N) is 3. The van der Waals surface area contributed by atoms with E-state index < -0.39 is 17.5 Å². The number of halogens is 2. The van der Waals surface area contributed by atoms with Crippen LogP contribution in [0, 0.1) is 11.6 Å². The lowest BCUT2D eigenvalue weighted by atomic mass is 10.2. The SMILES string of the molecule is CCN(Cc1ccccc1)c1nccc(C(=O)Nc2ccc(F)c(F)c2)n1. The molecule has 27 heavy (non-hydrogen) atoms. The zero-order valence-electron chi connectivity index (χ0n) is 14.7. The van der Waals surface area contributed by atoms with Crippen molar-refractivity contribution in [3.8, 4) is 0 Å². The topological polar surface area (TPSA) is 58.1 Å². The average molecular weight is 368 g/mol. The maximum absolute atomic E-state index is 13.3. The molecule has 0 unspecified atom stereocenters. The van der Waals surface area contributed by atoms with Gasteiger partial charge in [-0.15, -0.1) is 0 Å². The molecule has 0 fully saturated rings. The summed E-state index contributed by atoms with van der Waals surface area (Å²) in [6, 6.07) is 14.5. The lowest BCUT2D eigenvalue weighted by molar-refractivity contribution is 0.102. The van der Waals surface area contributed by atoms with Gasteiger partial charge in [0.2, 0.25) is 5.95 Å². The molecule has 3 aromatic rings. The molecule has 0 atom stereocenters. The maximum atomic E-state index is 13.3. The number of carbonyl (C=O) groups is 1. The predicted octanol–water partition coefficient (Wildman–Crippen LogP) is 4.03. The van der Waals surface area contributed by atoms with Crippen molar-refractivity contribution in [3.05, 3.63) is 83.7 Å². The van der Waals surface area contributed by atoms with Crippen molar-refractivity contribution in [3.63, 3.8) is 0 Å². The van der Waals surface area contributed by atoms with Crippen molar-refractivity contribution in [2.75, 3.05) is 16.8 Å². The highest BCUT2D eigenvalue weighted by atomic mass is 19.2. The quantitative estimate of drug-likeness (QED) is 0.714. The molecule has 0 aliphatic heterocycles. The molecule has 1 heterocycles. The molecular weight excluding hydrogens is 350 g/mol. The number of anilines is 2. The Hall–Kier alpha value is -3.35. The van der Waals surface area contributed by atoms with Gasteiger partial charge in [0.05, 0.1) is 0 Å². The third-order valence-electron chi connectivity index (χ3n) is 3.93.